The molecule has 0 aliphatic heterocycles. The van der Waals surface area contributed by atoms with Crippen LogP contribution in [0.2, 0.25) is 0 Å². The number of esters is 3. The van der Waals surface area contributed by atoms with Gasteiger partial charge in [-0.15, -0.1) is 5.10 Å². The van der Waals surface area contributed by atoms with Crippen molar-refractivity contribution in [3.05, 3.63) is 51.1 Å². The van der Waals surface area contributed by atoms with Crippen LogP contribution in [0.25, 0.3) is 5.70 Å². The third-order valence-electron chi connectivity index (χ3n) is 4.02. The van der Waals surface area contributed by atoms with Gasteiger partial charge in [-0.1, -0.05) is 5.21 Å². The van der Waals surface area contributed by atoms with Crippen LogP contribution in [0.3, 0.4) is 0 Å². The Morgan fingerprint density at radius 2 is 1.79 bits per heavy atom. The molecule has 14 heteroatoms. The second-order valence-corrected chi connectivity index (χ2v) is 6.52. The van der Waals surface area contributed by atoms with Crippen LogP contribution in [0.1, 0.15) is 26.5 Å². The number of hydrogen-bond acceptors (Lipinski definition) is 11. The molecule has 34 heavy (non-hydrogen) atoms. The number of ether oxygens (including phenoxy) is 4. The van der Waals surface area contributed by atoms with Gasteiger partial charge in [0.15, 0.2) is 0 Å². The van der Waals surface area contributed by atoms with Gasteiger partial charge in [-0.25, -0.2) is 19.1 Å². The zero-order valence-electron chi connectivity index (χ0n) is 19.0. The number of hydrogen-bond donors (Lipinski definition) is 0. The van der Waals surface area contributed by atoms with E-state index >= 15 is 0 Å². The highest BCUT2D eigenvalue weighted by Gasteiger charge is 2.19. The molecule has 0 bridgehead atoms. The van der Waals surface area contributed by atoms with E-state index in [-0.39, 0.29) is 45.4 Å². The predicted molar refractivity (Wildman–Crippen MR) is 114 cm³/mol. The topological polar surface area (TPSA) is 163 Å². The Morgan fingerprint density at radius 3 is 2.47 bits per heavy atom. The second-order valence-electron chi connectivity index (χ2n) is 6.52. The summed E-state index contributed by atoms with van der Waals surface area (Å²) in [6.45, 7) is 4.44. The molecule has 0 saturated carbocycles. The lowest BCUT2D eigenvalue weighted by Gasteiger charge is -2.11. The molecule has 0 atom stereocenters. The van der Waals surface area contributed by atoms with Crippen molar-refractivity contribution in [1.82, 2.24) is 24.1 Å². The van der Waals surface area contributed by atoms with Crippen LogP contribution in [0.4, 0.5) is 0 Å². The number of nitrogens with zero attached hydrogens (tertiary/aromatic N) is 5. The Balaban J connectivity index is 2.25. The van der Waals surface area contributed by atoms with Crippen LogP contribution in [0.15, 0.2) is 34.1 Å². The fraction of sp³-hybridized carbons (Fsp3) is 0.450. The van der Waals surface area contributed by atoms with Crippen molar-refractivity contribution in [2.24, 2.45) is 0 Å². The summed E-state index contributed by atoms with van der Waals surface area (Å²) in [6.07, 6.45) is 3.34. The predicted octanol–water partition coefficient (Wildman–Crippen LogP) is -0.846. The van der Waals surface area contributed by atoms with Crippen LogP contribution in [0.5, 0.6) is 0 Å². The fourth-order valence-corrected chi connectivity index (χ4v) is 2.61. The minimum absolute atomic E-state index is 0.000554. The summed E-state index contributed by atoms with van der Waals surface area (Å²) in [5.41, 5.74) is -1.72. The number of rotatable bonds is 12. The lowest BCUT2D eigenvalue weighted by Crippen LogP contribution is -2.40. The van der Waals surface area contributed by atoms with Gasteiger partial charge < -0.3 is 18.9 Å². The van der Waals surface area contributed by atoms with Crippen molar-refractivity contribution in [1.29, 1.82) is 0 Å². The summed E-state index contributed by atoms with van der Waals surface area (Å²) in [5.74, 6) is -2.22. The minimum Gasteiger partial charge on any atom is -0.463 e. The molecule has 0 unspecified atom stereocenters. The molecular formula is C20H25N5O9. The van der Waals surface area contributed by atoms with Crippen molar-refractivity contribution < 1.29 is 33.3 Å². The molecule has 14 nitrogen and oxygen atoms in total. The smallest absolute Gasteiger partial charge is 0.355 e. The highest BCUT2D eigenvalue weighted by molar-refractivity contribution is 6.14. The standard InChI is InChI=1S/C20H25N5O9/c1-4-32-18(28)10-16(19(29)33-5-2)24-7-6-17(27)25(20(24)30)12-15-11-23(22-21-15)13-31-8-9-34-14(3)26/h6-7,10-11H,4-5,8-9,12-13H2,1-3H3/b16-10-. The molecule has 184 valence electrons. The zero-order chi connectivity index (χ0) is 25.1. The van der Waals surface area contributed by atoms with Gasteiger partial charge in [0.2, 0.25) is 0 Å². The molecular weight excluding hydrogens is 454 g/mol. The van der Waals surface area contributed by atoms with Crippen LogP contribution >= 0.6 is 0 Å². The Morgan fingerprint density at radius 1 is 1.06 bits per heavy atom. The van der Waals surface area contributed by atoms with E-state index in [0.717, 1.165) is 27.5 Å². The maximum atomic E-state index is 13.0. The van der Waals surface area contributed by atoms with Crippen LogP contribution < -0.4 is 11.2 Å². The lowest BCUT2D eigenvalue weighted by atomic mass is 10.3. The monoisotopic (exact) mass is 479 g/mol. The van der Waals surface area contributed by atoms with Gasteiger partial charge in [0.25, 0.3) is 5.56 Å². The highest BCUT2D eigenvalue weighted by atomic mass is 16.6. The zero-order valence-corrected chi connectivity index (χ0v) is 19.0. The largest absolute Gasteiger partial charge is 0.463 e. The van der Waals surface area contributed by atoms with Gasteiger partial charge in [0.05, 0.1) is 38.6 Å². The maximum absolute atomic E-state index is 13.0. The summed E-state index contributed by atoms with van der Waals surface area (Å²) in [7, 11) is 0. The van der Waals surface area contributed by atoms with Gasteiger partial charge in [-0.2, -0.15) is 0 Å². The van der Waals surface area contributed by atoms with Crippen molar-refractivity contribution in [3.63, 3.8) is 0 Å². The first-order chi connectivity index (χ1) is 16.3. The van der Waals surface area contributed by atoms with Gasteiger partial charge in [-0.3, -0.25) is 18.7 Å². The van der Waals surface area contributed by atoms with E-state index in [1.165, 1.54) is 17.8 Å². The van der Waals surface area contributed by atoms with Crippen LogP contribution in [0, 0.1) is 0 Å². The van der Waals surface area contributed by atoms with Crippen molar-refractivity contribution in [2.75, 3.05) is 26.4 Å². The summed E-state index contributed by atoms with van der Waals surface area (Å²) in [6, 6.07) is 1.06. The highest BCUT2D eigenvalue weighted by Crippen LogP contribution is 2.05. The molecule has 0 spiro atoms. The second kappa shape index (κ2) is 12.8. The molecule has 0 amide bonds. The Hall–Kier alpha value is -4.07. The molecule has 2 aromatic heterocycles. The van der Waals surface area contributed by atoms with E-state index in [1.807, 2.05) is 0 Å². The lowest BCUT2D eigenvalue weighted by molar-refractivity contribution is -0.143. The quantitative estimate of drug-likeness (QED) is 0.161. The summed E-state index contributed by atoms with van der Waals surface area (Å²) in [5, 5.41) is 7.73. The Kier molecular flexibility index (Phi) is 9.89. The summed E-state index contributed by atoms with van der Waals surface area (Å²) < 4.78 is 22.7. The van der Waals surface area contributed by atoms with E-state index < -0.39 is 34.9 Å². The molecule has 2 heterocycles. The van der Waals surface area contributed by atoms with Gasteiger partial charge >= 0.3 is 23.6 Å². The van der Waals surface area contributed by atoms with Crippen molar-refractivity contribution in [3.8, 4) is 0 Å². The van der Waals surface area contributed by atoms with E-state index in [2.05, 4.69) is 10.3 Å². The van der Waals surface area contributed by atoms with Gasteiger partial charge in [-0.05, 0) is 13.8 Å². The maximum Gasteiger partial charge on any atom is 0.355 e. The molecule has 0 saturated heterocycles. The molecule has 0 fully saturated rings. The van der Waals surface area contributed by atoms with E-state index in [9.17, 15) is 24.0 Å². The van der Waals surface area contributed by atoms with E-state index in [1.54, 1.807) is 13.8 Å². The van der Waals surface area contributed by atoms with Crippen LogP contribution in [-0.2, 0) is 46.6 Å². The van der Waals surface area contributed by atoms with E-state index in [4.69, 9.17) is 18.9 Å². The summed E-state index contributed by atoms with van der Waals surface area (Å²) >= 11 is 0. The third-order valence-corrected chi connectivity index (χ3v) is 4.02. The third kappa shape index (κ3) is 7.51. The first-order valence-electron chi connectivity index (χ1n) is 10.2. The molecule has 0 N–H and O–H groups in total. The summed E-state index contributed by atoms with van der Waals surface area (Å²) in [4.78, 5) is 60.3. The Labute approximate surface area is 193 Å². The molecule has 0 aromatic carbocycles. The van der Waals surface area contributed by atoms with E-state index in [0.29, 0.717) is 0 Å². The average molecular weight is 479 g/mol. The molecule has 0 aliphatic carbocycles. The number of aromatic nitrogens is 5. The molecule has 0 aliphatic rings. The minimum atomic E-state index is -0.945. The van der Waals surface area contributed by atoms with Crippen LogP contribution in [-0.4, -0.2) is 68.5 Å². The van der Waals surface area contributed by atoms with Crippen molar-refractivity contribution in [2.45, 2.75) is 34.0 Å². The first kappa shape index (κ1) is 26.2. The van der Waals surface area contributed by atoms with Crippen molar-refractivity contribution >= 4 is 23.6 Å². The molecule has 2 aromatic rings. The van der Waals surface area contributed by atoms with Gasteiger partial charge in [0.1, 0.15) is 24.7 Å². The molecule has 2 rings (SSSR count). The first-order valence-corrected chi connectivity index (χ1v) is 10.2. The SMILES string of the molecule is CCOC(=O)/C=C(/C(=O)OCC)n1ccc(=O)n(Cc2cn(COCCOC(C)=O)nn2)c1=O. The number of carbonyl (C=O) groups excluding carboxylic acids is 3. The average Bonchev–Trinajstić information content (AvgIpc) is 3.23. The number of carbonyl (C=O) groups is 3. The molecule has 0 radical (unpaired) electrons. The normalized spacial score (nSPS) is 11.2. The fourth-order valence-electron chi connectivity index (χ4n) is 2.61. The Bertz CT molecular complexity index is 1160. The van der Waals surface area contributed by atoms with Gasteiger partial charge in [0, 0.05) is 19.2 Å².